The van der Waals surface area contributed by atoms with E-state index in [9.17, 15) is 0 Å². The minimum absolute atomic E-state index is 0.657. The largest absolute Gasteiger partial charge is 0.0628 e. The molecule has 0 heterocycles. The first-order valence-corrected chi connectivity index (χ1v) is 4.46. The molecule has 0 spiro atoms. The van der Waals surface area contributed by atoms with Crippen LogP contribution in [0.5, 0.6) is 0 Å². The van der Waals surface area contributed by atoms with Gasteiger partial charge in [0.2, 0.25) is 0 Å². The summed E-state index contributed by atoms with van der Waals surface area (Å²) in [7, 11) is 0. The third kappa shape index (κ3) is 1.21. The van der Waals surface area contributed by atoms with Crippen molar-refractivity contribution in [3.05, 3.63) is 0 Å². The smallest absolute Gasteiger partial charge is 0.0295 e. The van der Waals surface area contributed by atoms with Crippen molar-refractivity contribution in [1.82, 2.24) is 0 Å². The van der Waals surface area contributed by atoms with E-state index in [4.69, 9.17) is 0 Å². The molecule has 0 bridgehead atoms. The Balaban J connectivity index is 2.35. The highest BCUT2D eigenvalue weighted by atomic mass is 14.6. The fourth-order valence-electron chi connectivity index (χ4n) is 2.03. The summed E-state index contributed by atoms with van der Waals surface area (Å²) in [5.41, 5.74) is 0.657. The van der Waals surface area contributed by atoms with Crippen LogP contribution in [0, 0.1) is 23.2 Å². The quantitative estimate of drug-likeness (QED) is 0.552. The highest BCUT2D eigenvalue weighted by molar-refractivity contribution is 5.02. The van der Waals surface area contributed by atoms with Gasteiger partial charge in [-0.2, -0.15) is 0 Å². The molecule has 0 N–H and O–H groups in total. The van der Waals surface area contributed by atoms with Crippen molar-refractivity contribution >= 4 is 0 Å². The van der Waals surface area contributed by atoms with Crippen LogP contribution < -0.4 is 0 Å². The first kappa shape index (κ1) is 8.10. The van der Waals surface area contributed by atoms with Crippen molar-refractivity contribution in [2.75, 3.05) is 0 Å². The summed E-state index contributed by atoms with van der Waals surface area (Å²) in [4.78, 5) is 0. The molecule has 60 valence electrons. The van der Waals surface area contributed by atoms with Gasteiger partial charge in [-0.25, -0.2) is 0 Å². The van der Waals surface area contributed by atoms with Gasteiger partial charge in [0.1, 0.15) is 0 Å². The average Bonchev–Trinajstić information content (AvgIpc) is 2.17. The Labute approximate surface area is 65.0 Å². The standard InChI is InChI=1S/C10H20/c1-7(2)6-9-8(3)10(9,4)5/h7-9H,6H2,1-5H3. The van der Waals surface area contributed by atoms with Gasteiger partial charge in [0.05, 0.1) is 0 Å². The topological polar surface area (TPSA) is 0 Å². The van der Waals surface area contributed by atoms with Gasteiger partial charge < -0.3 is 0 Å². The van der Waals surface area contributed by atoms with Crippen LogP contribution in [0.15, 0.2) is 0 Å². The van der Waals surface area contributed by atoms with Crippen molar-refractivity contribution < 1.29 is 0 Å². The van der Waals surface area contributed by atoms with Crippen molar-refractivity contribution in [3.63, 3.8) is 0 Å². The first-order valence-electron chi connectivity index (χ1n) is 4.46. The molecule has 0 saturated heterocycles. The zero-order valence-electron chi connectivity index (χ0n) is 7.94. The predicted molar refractivity (Wildman–Crippen MR) is 45.9 cm³/mol. The van der Waals surface area contributed by atoms with Crippen molar-refractivity contribution in [2.24, 2.45) is 23.2 Å². The molecule has 2 unspecified atom stereocenters. The van der Waals surface area contributed by atoms with E-state index in [-0.39, 0.29) is 0 Å². The van der Waals surface area contributed by atoms with Crippen LogP contribution in [-0.2, 0) is 0 Å². The van der Waals surface area contributed by atoms with Gasteiger partial charge in [-0.15, -0.1) is 0 Å². The summed E-state index contributed by atoms with van der Waals surface area (Å²) < 4.78 is 0. The Bertz CT molecular complexity index is 122. The van der Waals surface area contributed by atoms with Gasteiger partial charge in [0, 0.05) is 0 Å². The Morgan fingerprint density at radius 2 is 1.70 bits per heavy atom. The molecule has 0 radical (unpaired) electrons. The van der Waals surface area contributed by atoms with E-state index in [0.29, 0.717) is 5.41 Å². The molecule has 0 aromatic heterocycles. The minimum atomic E-state index is 0.657. The average molecular weight is 140 g/mol. The van der Waals surface area contributed by atoms with Crippen molar-refractivity contribution in [3.8, 4) is 0 Å². The maximum atomic E-state index is 2.39. The molecule has 1 fully saturated rings. The lowest BCUT2D eigenvalue weighted by Crippen LogP contribution is -1.94. The maximum Gasteiger partial charge on any atom is -0.0295 e. The Morgan fingerprint density at radius 1 is 1.30 bits per heavy atom. The number of hydrogen-bond acceptors (Lipinski definition) is 0. The van der Waals surface area contributed by atoms with Crippen LogP contribution in [0.25, 0.3) is 0 Å². The van der Waals surface area contributed by atoms with Crippen LogP contribution in [0.2, 0.25) is 0 Å². The monoisotopic (exact) mass is 140 g/mol. The third-order valence-electron chi connectivity index (χ3n) is 3.35. The molecule has 0 aromatic rings. The van der Waals surface area contributed by atoms with E-state index in [0.717, 1.165) is 17.8 Å². The maximum absolute atomic E-state index is 2.39. The molecular weight excluding hydrogens is 120 g/mol. The fourth-order valence-corrected chi connectivity index (χ4v) is 2.03. The molecule has 1 aliphatic carbocycles. The van der Waals surface area contributed by atoms with Gasteiger partial charge in [-0.05, 0) is 29.6 Å². The van der Waals surface area contributed by atoms with E-state index in [1.165, 1.54) is 6.42 Å². The SMILES string of the molecule is CC(C)CC1C(C)C1(C)C. The lowest BCUT2D eigenvalue weighted by Gasteiger charge is -2.04. The lowest BCUT2D eigenvalue weighted by atomic mass is 10.0. The second-order valence-corrected chi connectivity index (χ2v) is 4.85. The van der Waals surface area contributed by atoms with Gasteiger partial charge in [-0.1, -0.05) is 34.6 Å². The van der Waals surface area contributed by atoms with Crippen molar-refractivity contribution in [2.45, 2.75) is 41.0 Å². The molecule has 10 heavy (non-hydrogen) atoms. The molecule has 0 heteroatoms. The third-order valence-corrected chi connectivity index (χ3v) is 3.35. The summed E-state index contributed by atoms with van der Waals surface area (Å²) in [6.07, 6.45) is 1.42. The molecule has 1 saturated carbocycles. The van der Waals surface area contributed by atoms with Gasteiger partial charge in [-0.3, -0.25) is 0 Å². The van der Waals surface area contributed by atoms with E-state index >= 15 is 0 Å². The van der Waals surface area contributed by atoms with Gasteiger partial charge >= 0.3 is 0 Å². The molecule has 1 aliphatic rings. The Hall–Kier alpha value is 0. The van der Waals surface area contributed by atoms with E-state index < -0.39 is 0 Å². The zero-order valence-corrected chi connectivity index (χ0v) is 7.94. The van der Waals surface area contributed by atoms with Crippen LogP contribution in [0.3, 0.4) is 0 Å². The normalized spacial score (nSPS) is 36.6. The molecule has 2 atom stereocenters. The van der Waals surface area contributed by atoms with Gasteiger partial charge in [0.25, 0.3) is 0 Å². The lowest BCUT2D eigenvalue weighted by molar-refractivity contribution is 0.462. The van der Waals surface area contributed by atoms with E-state index in [1.807, 2.05) is 0 Å². The Morgan fingerprint density at radius 3 is 1.80 bits per heavy atom. The number of hydrogen-bond donors (Lipinski definition) is 0. The van der Waals surface area contributed by atoms with Crippen molar-refractivity contribution in [1.29, 1.82) is 0 Å². The van der Waals surface area contributed by atoms with Crippen LogP contribution >= 0.6 is 0 Å². The van der Waals surface area contributed by atoms with Crippen LogP contribution in [0.1, 0.15) is 41.0 Å². The highest BCUT2D eigenvalue weighted by Crippen LogP contribution is 2.60. The fraction of sp³-hybridized carbons (Fsp3) is 1.00. The summed E-state index contributed by atoms with van der Waals surface area (Å²) in [6.45, 7) is 11.8. The molecule has 0 aromatic carbocycles. The number of rotatable bonds is 2. The summed E-state index contributed by atoms with van der Waals surface area (Å²) >= 11 is 0. The summed E-state index contributed by atoms with van der Waals surface area (Å²) in [5.74, 6) is 2.86. The summed E-state index contributed by atoms with van der Waals surface area (Å²) in [6, 6.07) is 0. The molecule has 0 amide bonds. The molecular formula is C10H20. The Kier molecular flexibility index (Phi) is 1.82. The zero-order chi connectivity index (χ0) is 7.94. The first-order chi connectivity index (χ1) is 4.46. The predicted octanol–water partition coefficient (Wildman–Crippen LogP) is 3.32. The molecule has 0 aliphatic heterocycles. The van der Waals surface area contributed by atoms with Gasteiger partial charge in [0.15, 0.2) is 0 Å². The summed E-state index contributed by atoms with van der Waals surface area (Å²) in [5, 5.41) is 0. The second kappa shape index (κ2) is 2.25. The van der Waals surface area contributed by atoms with Crippen LogP contribution in [0.4, 0.5) is 0 Å². The van der Waals surface area contributed by atoms with E-state index in [1.54, 1.807) is 0 Å². The highest BCUT2D eigenvalue weighted by Gasteiger charge is 2.53. The van der Waals surface area contributed by atoms with Crippen LogP contribution in [-0.4, -0.2) is 0 Å². The molecule has 0 nitrogen and oxygen atoms in total. The van der Waals surface area contributed by atoms with E-state index in [2.05, 4.69) is 34.6 Å². The molecule has 1 rings (SSSR count). The minimum Gasteiger partial charge on any atom is -0.0628 e. The second-order valence-electron chi connectivity index (χ2n) is 4.85.